The van der Waals surface area contributed by atoms with E-state index in [-0.39, 0.29) is 23.7 Å². The fourth-order valence-electron chi connectivity index (χ4n) is 3.67. The summed E-state index contributed by atoms with van der Waals surface area (Å²) < 4.78 is 92.3. The highest BCUT2D eigenvalue weighted by atomic mass is 19.4. The first-order valence-electron chi connectivity index (χ1n) is 10.6. The van der Waals surface area contributed by atoms with E-state index in [1.807, 2.05) is 0 Å². The maximum absolute atomic E-state index is 12.9. The van der Waals surface area contributed by atoms with Gasteiger partial charge in [-0.2, -0.15) is 31.2 Å². The Hall–Kier alpha value is -3.22. The Balaban J connectivity index is 0.000000255. The first kappa shape index (κ1) is 29.0. The van der Waals surface area contributed by atoms with Gasteiger partial charge < -0.3 is 15.4 Å². The van der Waals surface area contributed by atoms with Crippen molar-refractivity contribution in [3.05, 3.63) is 75.4 Å². The molecule has 198 valence electrons. The van der Waals surface area contributed by atoms with Gasteiger partial charge in [0.25, 0.3) is 0 Å². The molecule has 13 heteroatoms. The molecule has 0 aromatic heterocycles. The maximum Gasteiger partial charge on any atom is 0.416 e. The van der Waals surface area contributed by atoms with Crippen LogP contribution in [0.3, 0.4) is 0 Å². The lowest BCUT2D eigenvalue weighted by Gasteiger charge is -2.31. The van der Waals surface area contributed by atoms with Crippen LogP contribution in [0.4, 0.5) is 35.5 Å². The molecular formula is C23H24F7N3O3. The normalized spacial score (nSPS) is 18.1. The second kappa shape index (κ2) is 12.2. The van der Waals surface area contributed by atoms with Gasteiger partial charge in [-0.05, 0) is 47.9 Å². The molecule has 0 spiro atoms. The Bertz CT molecular complexity index is 995. The highest BCUT2D eigenvalue weighted by molar-refractivity contribution is 5.71. The molecule has 2 amide bonds. The van der Waals surface area contributed by atoms with Crippen LogP contribution in [0.5, 0.6) is 0 Å². The Morgan fingerprint density at radius 1 is 1.03 bits per heavy atom. The summed E-state index contributed by atoms with van der Waals surface area (Å²) in [5, 5.41) is 2.27. The van der Waals surface area contributed by atoms with Crippen LogP contribution >= 0.6 is 0 Å². The SMILES string of the molecule is CN(CC1COCC(c2ccc(F)cc2)C1)C(N)=O.O=NCc1cc(C(F)(F)F)cc(C(F)(F)F)c1. The highest BCUT2D eigenvalue weighted by Gasteiger charge is 2.36. The van der Waals surface area contributed by atoms with Crippen LogP contribution in [0, 0.1) is 16.6 Å². The van der Waals surface area contributed by atoms with Crippen LogP contribution in [-0.2, 0) is 23.6 Å². The van der Waals surface area contributed by atoms with E-state index >= 15 is 0 Å². The highest BCUT2D eigenvalue weighted by Crippen LogP contribution is 2.36. The number of urea groups is 1. The second-order valence-corrected chi connectivity index (χ2v) is 8.31. The van der Waals surface area contributed by atoms with E-state index in [9.17, 15) is 40.4 Å². The molecule has 0 radical (unpaired) electrons. The third kappa shape index (κ3) is 8.77. The number of carbonyl (C=O) groups excluding carboxylic acids is 1. The number of amides is 2. The predicted molar refractivity (Wildman–Crippen MR) is 116 cm³/mol. The minimum atomic E-state index is -4.90. The standard InChI is InChI=1S/C14H19FN2O2.C9H5F6NO/c1-17(14(16)18)7-10-6-12(9-19-8-10)11-2-4-13(15)5-3-11;10-8(11,12)6-1-5(4-16-17)2-7(3-6)9(13,14)15/h2-5,10,12H,6-9H2,1H3,(H2,16,18);1-3H,4H2. The molecular weight excluding hydrogens is 499 g/mol. The average Bonchev–Trinajstić information content (AvgIpc) is 2.79. The number of benzene rings is 2. The second-order valence-electron chi connectivity index (χ2n) is 8.31. The van der Waals surface area contributed by atoms with E-state index in [2.05, 4.69) is 5.18 Å². The zero-order valence-corrected chi connectivity index (χ0v) is 19.1. The smallest absolute Gasteiger partial charge is 0.380 e. The van der Waals surface area contributed by atoms with Gasteiger partial charge >= 0.3 is 18.4 Å². The molecule has 3 rings (SSSR count). The molecule has 2 unspecified atom stereocenters. The van der Waals surface area contributed by atoms with Crippen molar-refractivity contribution in [2.24, 2.45) is 16.8 Å². The van der Waals surface area contributed by atoms with Crippen LogP contribution in [0.15, 0.2) is 47.6 Å². The van der Waals surface area contributed by atoms with Gasteiger partial charge in [0.2, 0.25) is 0 Å². The van der Waals surface area contributed by atoms with Crippen molar-refractivity contribution in [3.8, 4) is 0 Å². The number of rotatable bonds is 5. The van der Waals surface area contributed by atoms with Crippen molar-refractivity contribution in [2.75, 3.05) is 26.8 Å². The summed E-state index contributed by atoms with van der Waals surface area (Å²) in [6, 6.07) is 7.03. The molecule has 1 heterocycles. The average molecular weight is 523 g/mol. The van der Waals surface area contributed by atoms with Gasteiger partial charge in [0.1, 0.15) is 12.4 Å². The minimum absolute atomic E-state index is 0.00565. The van der Waals surface area contributed by atoms with Crippen molar-refractivity contribution in [1.29, 1.82) is 0 Å². The molecule has 1 saturated heterocycles. The zero-order valence-electron chi connectivity index (χ0n) is 19.1. The van der Waals surface area contributed by atoms with Gasteiger partial charge in [0, 0.05) is 25.4 Å². The molecule has 2 aromatic rings. The number of ether oxygens (including phenoxy) is 1. The molecule has 2 N–H and O–H groups in total. The Kier molecular flexibility index (Phi) is 9.79. The van der Waals surface area contributed by atoms with Crippen LogP contribution < -0.4 is 5.73 Å². The molecule has 1 fully saturated rings. The van der Waals surface area contributed by atoms with Gasteiger partial charge in [-0.1, -0.05) is 17.3 Å². The van der Waals surface area contributed by atoms with Crippen LogP contribution in [0.1, 0.15) is 34.6 Å². The largest absolute Gasteiger partial charge is 0.416 e. The molecule has 6 nitrogen and oxygen atoms in total. The van der Waals surface area contributed by atoms with Gasteiger partial charge in [-0.15, -0.1) is 0 Å². The lowest BCUT2D eigenvalue weighted by atomic mass is 9.87. The third-order valence-electron chi connectivity index (χ3n) is 5.43. The van der Waals surface area contributed by atoms with E-state index in [0.29, 0.717) is 31.9 Å². The van der Waals surface area contributed by atoms with Gasteiger partial charge in [0.05, 0.1) is 24.3 Å². The molecule has 36 heavy (non-hydrogen) atoms. The number of hydrogen-bond acceptors (Lipinski definition) is 4. The van der Waals surface area contributed by atoms with Gasteiger partial charge in [-0.25, -0.2) is 9.18 Å². The Morgan fingerprint density at radius 2 is 1.58 bits per heavy atom. The summed E-state index contributed by atoms with van der Waals surface area (Å²) in [7, 11) is 1.68. The van der Waals surface area contributed by atoms with Crippen molar-refractivity contribution in [2.45, 2.75) is 31.2 Å². The summed E-state index contributed by atoms with van der Waals surface area (Å²) in [5.74, 6) is 0.285. The number of primary amides is 1. The van der Waals surface area contributed by atoms with E-state index in [1.165, 1.54) is 17.0 Å². The lowest BCUT2D eigenvalue weighted by Crippen LogP contribution is -2.39. The van der Waals surface area contributed by atoms with Crippen molar-refractivity contribution >= 4 is 6.03 Å². The number of carbonyl (C=O) groups is 1. The first-order valence-corrected chi connectivity index (χ1v) is 10.6. The summed E-state index contributed by atoms with van der Waals surface area (Å²) in [5.41, 5.74) is 2.96. The molecule has 1 aliphatic heterocycles. The van der Waals surface area contributed by atoms with E-state index in [4.69, 9.17) is 10.5 Å². The Morgan fingerprint density at radius 3 is 2.06 bits per heavy atom. The van der Waals surface area contributed by atoms with Gasteiger partial charge in [-0.3, -0.25) is 0 Å². The predicted octanol–water partition coefficient (Wildman–Crippen LogP) is 5.95. The number of nitrogens with zero attached hydrogens (tertiary/aromatic N) is 2. The molecule has 2 atom stereocenters. The number of nitroso groups, excluding NO2 is 1. The zero-order chi connectivity index (χ0) is 27.1. The van der Waals surface area contributed by atoms with Crippen LogP contribution in [0.2, 0.25) is 0 Å². The number of alkyl halides is 6. The molecule has 0 saturated carbocycles. The van der Waals surface area contributed by atoms with E-state index in [0.717, 1.165) is 12.0 Å². The van der Waals surface area contributed by atoms with Crippen LogP contribution in [0.25, 0.3) is 0 Å². The first-order chi connectivity index (χ1) is 16.7. The maximum atomic E-state index is 12.9. The summed E-state index contributed by atoms with van der Waals surface area (Å²) >= 11 is 0. The summed E-state index contributed by atoms with van der Waals surface area (Å²) in [6.45, 7) is 1.12. The monoisotopic (exact) mass is 523 g/mol. The third-order valence-corrected chi connectivity index (χ3v) is 5.43. The number of hydrogen-bond donors (Lipinski definition) is 1. The van der Waals surface area contributed by atoms with E-state index in [1.54, 1.807) is 19.2 Å². The molecule has 2 aromatic carbocycles. The quantitative estimate of drug-likeness (QED) is 0.389. The summed E-state index contributed by atoms with van der Waals surface area (Å²) in [4.78, 5) is 22.4. The lowest BCUT2D eigenvalue weighted by molar-refractivity contribution is -0.143. The topological polar surface area (TPSA) is 85.0 Å². The van der Waals surface area contributed by atoms with Gasteiger partial charge in [0.15, 0.2) is 0 Å². The minimum Gasteiger partial charge on any atom is -0.380 e. The fourth-order valence-corrected chi connectivity index (χ4v) is 3.67. The Labute approximate surface area is 202 Å². The van der Waals surface area contributed by atoms with Crippen molar-refractivity contribution < 1.29 is 40.3 Å². The molecule has 0 bridgehead atoms. The number of nitrogens with two attached hydrogens (primary N) is 1. The molecule has 1 aliphatic rings. The van der Waals surface area contributed by atoms with Crippen molar-refractivity contribution in [1.82, 2.24) is 4.90 Å². The fraction of sp³-hybridized carbons (Fsp3) is 0.435. The van der Waals surface area contributed by atoms with Crippen LogP contribution in [-0.4, -0.2) is 37.7 Å². The van der Waals surface area contributed by atoms with Crippen molar-refractivity contribution in [3.63, 3.8) is 0 Å². The summed E-state index contributed by atoms with van der Waals surface area (Å²) in [6.07, 6.45) is -8.89. The molecule has 0 aliphatic carbocycles. The van der Waals surface area contributed by atoms with E-state index < -0.39 is 41.6 Å². The number of halogens is 7.